The third kappa shape index (κ3) is 3.46. The molecule has 2 rings (SSSR count). The van der Waals surface area contributed by atoms with Gasteiger partial charge in [0.25, 0.3) is 0 Å². The molecule has 0 saturated carbocycles. The van der Waals surface area contributed by atoms with Crippen molar-refractivity contribution in [1.82, 2.24) is 4.98 Å². The van der Waals surface area contributed by atoms with Crippen LogP contribution < -0.4 is 10.2 Å². The van der Waals surface area contributed by atoms with Crippen molar-refractivity contribution < 1.29 is 14.3 Å². The van der Waals surface area contributed by atoms with Gasteiger partial charge in [0.15, 0.2) is 0 Å². The summed E-state index contributed by atoms with van der Waals surface area (Å²) in [5.41, 5.74) is 0.474. The maximum absolute atomic E-state index is 11.7. The lowest BCUT2D eigenvalue weighted by molar-refractivity contribution is 0.235. The van der Waals surface area contributed by atoms with E-state index in [9.17, 15) is 4.79 Å². The van der Waals surface area contributed by atoms with Crippen LogP contribution >= 0.6 is 11.3 Å². The van der Waals surface area contributed by atoms with Crippen LogP contribution in [0.2, 0.25) is 0 Å². The molecule has 0 aliphatic heterocycles. The average Bonchev–Trinajstić information content (AvgIpc) is 2.86. The number of aliphatic hydroxyl groups excluding tert-OH is 1. The predicted molar refractivity (Wildman–Crippen MR) is 76.0 cm³/mol. The first-order valence-electron chi connectivity index (χ1n) is 6.20. The molecule has 6 heteroatoms. The fourth-order valence-corrected chi connectivity index (χ4v) is 2.39. The van der Waals surface area contributed by atoms with Crippen molar-refractivity contribution in [3.05, 3.63) is 44.4 Å². The Morgan fingerprint density at radius 2 is 2.20 bits per heavy atom. The fourth-order valence-electron chi connectivity index (χ4n) is 1.50. The van der Waals surface area contributed by atoms with Crippen LogP contribution in [0.3, 0.4) is 0 Å². The highest BCUT2D eigenvalue weighted by atomic mass is 32.1. The standard InChI is InChI=1S/C14H17NO4S/c1-14(2,3)13-15-9(8-20-13)6-19-12-7-18-10(5-16)4-11(12)17/h4,7-8,16H,5-6H2,1-3H3. The molecule has 108 valence electrons. The molecule has 0 saturated heterocycles. The maximum atomic E-state index is 11.7. The summed E-state index contributed by atoms with van der Waals surface area (Å²) in [6.07, 6.45) is 1.21. The van der Waals surface area contributed by atoms with Gasteiger partial charge in [0, 0.05) is 16.9 Å². The molecular weight excluding hydrogens is 278 g/mol. The Morgan fingerprint density at radius 1 is 1.45 bits per heavy atom. The normalized spacial score (nSPS) is 11.6. The molecule has 1 N–H and O–H groups in total. The van der Waals surface area contributed by atoms with Crippen LogP contribution in [0.15, 0.2) is 26.9 Å². The van der Waals surface area contributed by atoms with Crippen LogP contribution in [0.4, 0.5) is 0 Å². The number of rotatable bonds is 4. The van der Waals surface area contributed by atoms with Gasteiger partial charge in [0.2, 0.25) is 11.2 Å². The average molecular weight is 295 g/mol. The number of aromatic nitrogens is 1. The van der Waals surface area contributed by atoms with Gasteiger partial charge in [0.1, 0.15) is 25.2 Å². The Hall–Kier alpha value is -1.66. The summed E-state index contributed by atoms with van der Waals surface area (Å²) in [4.78, 5) is 16.2. The highest BCUT2D eigenvalue weighted by molar-refractivity contribution is 7.09. The van der Waals surface area contributed by atoms with E-state index < -0.39 is 0 Å². The van der Waals surface area contributed by atoms with E-state index in [-0.39, 0.29) is 35.6 Å². The van der Waals surface area contributed by atoms with Crippen molar-refractivity contribution >= 4 is 11.3 Å². The minimum atomic E-state index is -0.313. The van der Waals surface area contributed by atoms with Gasteiger partial charge in [-0.3, -0.25) is 4.79 Å². The van der Waals surface area contributed by atoms with Gasteiger partial charge in [-0.2, -0.15) is 0 Å². The highest BCUT2D eigenvalue weighted by Crippen LogP contribution is 2.25. The molecule has 0 amide bonds. The second kappa shape index (κ2) is 5.76. The minimum absolute atomic E-state index is 0.00468. The largest absolute Gasteiger partial charge is 0.480 e. The summed E-state index contributed by atoms with van der Waals surface area (Å²) >= 11 is 1.58. The van der Waals surface area contributed by atoms with Gasteiger partial charge in [-0.1, -0.05) is 20.8 Å². The number of hydrogen-bond acceptors (Lipinski definition) is 6. The zero-order chi connectivity index (χ0) is 14.8. The van der Waals surface area contributed by atoms with Gasteiger partial charge in [0.05, 0.1) is 10.7 Å². The molecule has 2 aromatic rings. The van der Waals surface area contributed by atoms with E-state index >= 15 is 0 Å². The Kier molecular flexibility index (Phi) is 4.25. The van der Waals surface area contributed by atoms with E-state index in [0.717, 1.165) is 10.7 Å². The van der Waals surface area contributed by atoms with E-state index in [1.807, 2.05) is 5.38 Å². The Bertz CT molecular complexity index is 639. The molecule has 0 spiro atoms. The van der Waals surface area contributed by atoms with Crippen molar-refractivity contribution in [1.29, 1.82) is 0 Å². The molecule has 0 aliphatic carbocycles. The Balaban J connectivity index is 2.06. The number of hydrogen-bond donors (Lipinski definition) is 1. The molecule has 5 nitrogen and oxygen atoms in total. The molecule has 20 heavy (non-hydrogen) atoms. The summed E-state index contributed by atoms with van der Waals surface area (Å²) < 4.78 is 10.4. The van der Waals surface area contributed by atoms with Crippen LogP contribution in [0.1, 0.15) is 37.2 Å². The fraction of sp³-hybridized carbons (Fsp3) is 0.429. The van der Waals surface area contributed by atoms with Gasteiger partial charge >= 0.3 is 0 Å². The second-order valence-corrected chi connectivity index (χ2v) is 6.27. The summed E-state index contributed by atoms with van der Waals surface area (Å²) in [5, 5.41) is 11.8. The first kappa shape index (κ1) is 14.7. The molecule has 2 heterocycles. The van der Waals surface area contributed by atoms with Gasteiger partial charge in [-0.15, -0.1) is 11.3 Å². The van der Waals surface area contributed by atoms with Crippen molar-refractivity contribution in [2.75, 3.05) is 0 Å². The highest BCUT2D eigenvalue weighted by Gasteiger charge is 2.18. The van der Waals surface area contributed by atoms with E-state index in [1.54, 1.807) is 11.3 Å². The van der Waals surface area contributed by atoms with Crippen LogP contribution in [0.5, 0.6) is 5.75 Å². The van der Waals surface area contributed by atoms with Crippen LogP contribution in [0, 0.1) is 0 Å². The lowest BCUT2D eigenvalue weighted by Crippen LogP contribution is -2.11. The van der Waals surface area contributed by atoms with E-state index in [2.05, 4.69) is 25.8 Å². The van der Waals surface area contributed by atoms with Crippen molar-refractivity contribution in [2.24, 2.45) is 0 Å². The first-order chi connectivity index (χ1) is 9.40. The van der Waals surface area contributed by atoms with E-state index in [0.29, 0.717) is 0 Å². The van der Waals surface area contributed by atoms with Crippen molar-refractivity contribution in [3.63, 3.8) is 0 Å². The summed E-state index contributed by atoms with van der Waals surface area (Å²) in [5.74, 6) is 0.332. The Morgan fingerprint density at radius 3 is 2.75 bits per heavy atom. The second-order valence-electron chi connectivity index (χ2n) is 5.42. The topological polar surface area (TPSA) is 72.6 Å². The van der Waals surface area contributed by atoms with Crippen molar-refractivity contribution in [2.45, 2.75) is 39.4 Å². The number of nitrogens with zero attached hydrogens (tertiary/aromatic N) is 1. The van der Waals surface area contributed by atoms with Gasteiger partial charge in [-0.05, 0) is 0 Å². The molecule has 0 aliphatic rings. The minimum Gasteiger partial charge on any atom is -0.480 e. The molecule has 0 atom stereocenters. The summed E-state index contributed by atoms with van der Waals surface area (Å²) in [6, 6.07) is 1.22. The number of aliphatic hydroxyl groups is 1. The van der Waals surface area contributed by atoms with E-state index in [4.69, 9.17) is 14.3 Å². The molecule has 0 aromatic carbocycles. The number of ether oxygens (including phenoxy) is 1. The zero-order valence-corrected chi connectivity index (χ0v) is 12.5. The zero-order valence-electron chi connectivity index (χ0n) is 11.7. The SMILES string of the molecule is CC(C)(C)c1nc(COc2coc(CO)cc2=O)cs1. The molecule has 2 aromatic heterocycles. The first-order valence-corrected chi connectivity index (χ1v) is 7.08. The summed E-state index contributed by atoms with van der Waals surface area (Å²) in [7, 11) is 0. The molecule has 0 bridgehead atoms. The smallest absolute Gasteiger partial charge is 0.227 e. The molecule has 0 fully saturated rings. The quantitative estimate of drug-likeness (QED) is 0.938. The monoisotopic (exact) mass is 295 g/mol. The lowest BCUT2D eigenvalue weighted by Gasteiger charge is -2.13. The van der Waals surface area contributed by atoms with E-state index in [1.165, 1.54) is 12.3 Å². The van der Waals surface area contributed by atoms with Crippen LogP contribution in [-0.4, -0.2) is 10.1 Å². The summed E-state index contributed by atoms with van der Waals surface area (Å²) in [6.45, 7) is 6.20. The van der Waals surface area contributed by atoms with Crippen molar-refractivity contribution in [3.8, 4) is 5.75 Å². The molecular formula is C14H17NO4S. The molecule has 0 unspecified atom stereocenters. The van der Waals surface area contributed by atoms with Crippen LogP contribution in [0.25, 0.3) is 0 Å². The third-order valence-electron chi connectivity index (χ3n) is 2.58. The molecule has 0 radical (unpaired) electrons. The Labute approximate surface area is 120 Å². The predicted octanol–water partition coefficient (Wildman–Crippen LogP) is 2.47. The van der Waals surface area contributed by atoms with Crippen LogP contribution in [-0.2, 0) is 18.6 Å². The number of thiazole rings is 1. The third-order valence-corrected chi connectivity index (χ3v) is 3.89. The lowest BCUT2D eigenvalue weighted by atomic mass is 9.98. The van der Waals surface area contributed by atoms with Gasteiger partial charge < -0.3 is 14.3 Å². The van der Waals surface area contributed by atoms with Gasteiger partial charge in [-0.25, -0.2) is 4.98 Å². The maximum Gasteiger partial charge on any atom is 0.227 e.